The van der Waals surface area contributed by atoms with Crippen LogP contribution in [0.5, 0.6) is 11.5 Å². The van der Waals surface area contributed by atoms with Crippen LogP contribution >= 0.6 is 15.9 Å². The van der Waals surface area contributed by atoms with Gasteiger partial charge in [-0.05, 0) is 51.3 Å². The smallest absolute Gasteiger partial charge is 0.307 e. The first kappa shape index (κ1) is 23.0. The Morgan fingerprint density at radius 2 is 2.00 bits per heavy atom. The highest BCUT2D eigenvalue weighted by atomic mass is 79.9. The van der Waals surface area contributed by atoms with Crippen LogP contribution < -0.4 is 14.9 Å². The Morgan fingerprint density at radius 3 is 2.76 bits per heavy atom. The van der Waals surface area contributed by atoms with Crippen molar-refractivity contribution >= 4 is 44.7 Å². The van der Waals surface area contributed by atoms with E-state index in [1.54, 1.807) is 36.4 Å². The van der Waals surface area contributed by atoms with Crippen LogP contribution in [0.15, 0.2) is 80.7 Å². The molecule has 0 saturated heterocycles. The fourth-order valence-electron chi connectivity index (χ4n) is 3.18. The monoisotopic (exact) mass is 523 g/mol. The number of rotatable bonds is 8. The summed E-state index contributed by atoms with van der Waals surface area (Å²) in [5, 5.41) is 15.8. The highest BCUT2D eigenvalue weighted by Gasteiger charge is 2.14. The zero-order valence-electron chi connectivity index (χ0n) is 17.9. The van der Waals surface area contributed by atoms with Gasteiger partial charge in [-0.1, -0.05) is 30.3 Å². The van der Waals surface area contributed by atoms with Gasteiger partial charge in [0, 0.05) is 17.5 Å². The number of nitro benzene ring substituents is 1. The number of amides is 1. The number of methoxy groups -OCH3 is 1. The number of nitro groups is 1. The first-order chi connectivity index (χ1) is 16.4. The number of non-ortho nitro benzene ring substituents is 1. The van der Waals surface area contributed by atoms with Crippen molar-refractivity contribution in [2.45, 2.75) is 6.61 Å². The molecule has 3 aromatic carbocycles. The van der Waals surface area contributed by atoms with Gasteiger partial charge in [-0.15, -0.1) is 0 Å². The second-order valence-corrected chi connectivity index (χ2v) is 7.95. The molecule has 172 valence electrons. The zero-order chi connectivity index (χ0) is 24.1. The molecule has 0 aliphatic rings. The SMILES string of the molecule is COc1cc(/C=N/NC(=O)c2cc3ccccc3o2)cc(Br)c1OCc1cccc([N+](=O)[O-])c1. The van der Waals surface area contributed by atoms with Gasteiger partial charge in [0.2, 0.25) is 0 Å². The molecule has 0 aliphatic heterocycles. The number of nitrogens with zero attached hydrogens (tertiary/aromatic N) is 2. The largest absolute Gasteiger partial charge is 0.493 e. The van der Waals surface area contributed by atoms with Crippen LogP contribution in [0.4, 0.5) is 5.69 Å². The minimum absolute atomic E-state index is 0.0108. The molecule has 9 nitrogen and oxygen atoms in total. The maximum absolute atomic E-state index is 12.3. The molecular formula is C24H18BrN3O6. The molecule has 1 aromatic heterocycles. The lowest BCUT2D eigenvalue weighted by molar-refractivity contribution is -0.384. The van der Waals surface area contributed by atoms with Gasteiger partial charge >= 0.3 is 5.91 Å². The van der Waals surface area contributed by atoms with Crippen molar-refractivity contribution in [1.29, 1.82) is 0 Å². The van der Waals surface area contributed by atoms with Crippen LogP contribution in [-0.2, 0) is 6.61 Å². The van der Waals surface area contributed by atoms with Gasteiger partial charge in [-0.3, -0.25) is 14.9 Å². The van der Waals surface area contributed by atoms with E-state index in [0.29, 0.717) is 32.7 Å². The standard InChI is InChI=1S/C24H18BrN3O6/c1-32-21-11-16(13-26-27-24(29)22-12-17-6-2-3-8-20(17)34-22)10-19(25)23(21)33-14-15-5-4-7-18(9-15)28(30)31/h2-13H,14H2,1H3,(H,27,29)/b26-13+. The summed E-state index contributed by atoms with van der Waals surface area (Å²) in [6.07, 6.45) is 1.46. The number of ether oxygens (including phenoxy) is 2. The van der Waals surface area contributed by atoms with Crippen molar-refractivity contribution in [3.05, 3.63) is 98.2 Å². The number of hydrazone groups is 1. The maximum Gasteiger partial charge on any atom is 0.307 e. The van der Waals surface area contributed by atoms with Gasteiger partial charge in [0.1, 0.15) is 12.2 Å². The van der Waals surface area contributed by atoms with Gasteiger partial charge in [0.15, 0.2) is 17.3 Å². The zero-order valence-corrected chi connectivity index (χ0v) is 19.4. The topological polar surface area (TPSA) is 116 Å². The van der Waals surface area contributed by atoms with Crippen molar-refractivity contribution in [1.82, 2.24) is 5.43 Å². The van der Waals surface area contributed by atoms with Crippen LogP contribution in [0.3, 0.4) is 0 Å². The van der Waals surface area contributed by atoms with E-state index in [1.165, 1.54) is 25.5 Å². The number of carbonyl (C=O) groups excluding carboxylic acids is 1. The van der Waals surface area contributed by atoms with E-state index in [-0.39, 0.29) is 18.1 Å². The molecule has 0 saturated carbocycles. The van der Waals surface area contributed by atoms with E-state index in [1.807, 2.05) is 18.2 Å². The maximum atomic E-state index is 12.3. The summed E-state index contributed by atoms with van der Waals surface area (Å²) < 4.78 is 17.4. The van der Waals surface area contributed by atoms with Crippen molar-refractivity contribution in [3.8, 4) is 11.5 Å². The second-order valence-electron chi connectivity index (χ2n) is 7.10. The number of hydrogen-bond acceptors (Lipinski definition) is 7. The first-order valence-electron chi connectivity index (χ1n) is 10.0. The number of furan rings is 1. The molecule has 0 atom stereocenters. The molecule has 1 heterocycles. The third kappa shape index (κ3) is 5.24. The fraction of sp³-hybridized carbons (Fsp3) is 0.0833. The third-order valence-electron chi connectivity index (χ3n) is 4.79. The molecule has 4 aromatic rings. The van der Waals surface area contributed by atoms with Gasteiger partial charge < -0.3 is 13.9 Å². The van der Waals surface area contributed by atoms with Crippen molar-refractivity contribution in [2.24, 2.45) is 5.10 Å². The Bertz CT molecular complexity index is 1370. The Hall–Kier alpha value is -4.18. The van der Waals surface area contributed by atoms with Gasteiger partial charge in [-0.25, -0.2) is 5.43 Å². The molecule has 0 spiro atoms. The molecule has 0 fully saturated rings. The summed E-state index contributed by atoms with van der Waals surface area (Å²) in [5.74, 6) is 0.528. The summed E-state index contributed by atoms with van der Waals surface area (Å²) in [5.41, 5.74) is 4.32. The van der Waals surface area contributed by atoms with Crippen LogP contribution in [-0.4, -0.2) is 24.2 Å². The molecular weight excluding hydrogens is 506 g/mol. The number of para-hydroxylation sites is 1. The first-order valence-corrected chi connectivity index (χ1v) is 10.8. The summed E-state index contributed by atoms with van der Waals surface area (Å²) in [6, 6.07) is 18.6. The quantitative estimate of drug-likeness (QED) is 0.186. The number of carbonyl (C=O) groups is 1. The van der Waals surface area contributed by atoms with Crippen molar-refractivity contribution in [3.63, 3.8) is 0 Å². The highest BCUT2D eigenvalue weighted by Crippen LogP contribution is 2.37. The third-order valence-corrected chi connectivity index (χ3v) is 5.37. The molecule has 0 aliphatic carbocycles. The molecule has 10 heteroatoms. The number of halogens is 1. The lowest BCUT2D eigenvalue weighted by atomic mass is 10.2. The van der Waals surface area contributed by atoms with Crippen LogP contribution in [0.2, 0.25) is 0 Å². The number of hydrogen-bond donors (Lipinski definition) is 1. The van der Waals surface area contributed by atoms with E-state index < -0.39 is 10.8 Å². The van der Waals surface area contributed by atoms with Crippen molar-refractivity contribution in [2.75, 3.05) is 7.11 Å². The van der Waals surface area contributed by atoms with E-state index >= 15 is 0 Å². The Morgan fingerprint density at radius 1 is 1.18 bits per heavy atom. The molecule has 34 heavy (non-hydrogen) atoms. The van der Waals surface area contributed by atoms with Gasteiger partial charge in [0.05, 0.1) is 22.7 Å². The molecule has 0 radical (unpaired) electrons. The molecule has 0 bridgehead atoms. The predicted molar refractivity (Wildman–Crippen MR) is 129 cm³/mol. The summed E-state index contributed by atoms with van der Waals surface area (Å²) in [4.78, 5) is 22.8. The summed E-state index contributed by atoms with van der Waals surface area (Å²) >= 11 is 3.45. The average Bonchev–Trinajstić information content (AvgIpc) is 3.28. The van der Waals surface area contributed by atoms with Crippen LogP contribution in [0.1, 0.15) is 21.7 Å². The molecule has 1 amide bonds. The number of nitrogens with one attached hydrogen (secondary N) is 1. The van der Waals surface area contributed by atoms with Gasteiger partial charge in [-0.2, -0.15) is 5.10 Å². The minimum Gasteiger partial charge on any atom is -0.493 e. The predicted octanol–water partition coefficient (Wildman–Crippen LogP) is 5.46. The van der Waals surface area contributed by atoms with E-state index in [9.17, 15) is 14.9 Å². The molecule has 0 unspecified atom stereocenters. The number of benzene rings is 3. The Balaban J connectivity index is 1.44. The average molecular weight is 524 g/mol. The fourth-order valence-corrected chi connectivity index (χ4v) is 3.76. The summed E-state index contributed by atoms with van der Waals surface area (Å²) in [7, 11) is 1.49. The van der Waals surface area contributed by atoms with E-state index in [4.69, 9.17) is 13.9 Å². The lowest BCUT2D eigenvalue weighted by Crippen LogP contribution is -2.16. The van der Waals surface area contributed by atoms with Crippen LogP contribution in [0.25, 0.3) is 11.0 Å². The van der Waals surface area contributed by atoms with E-state index in [2.05, 4.69) is 26.5 Å². The summed E-state index contributed by atoms with van der Waals surface area (Å²) in [6.45, 7) is 0.109. The van der Waals surface area contributed by atoms with E-state index in [0.717, 1.165) is 5.39 Å². The number of fused-ring (bicyclic) bond motifs is 1. The normalized spacial score (nSPS) is 11.0. The molecule has 1 N–H and O–H groups in total. The molecule has 4 rings (SSSR count). The van der Waals surface area contributed by atoms with Crippen molar-refractivity contribution < 1.29 is 23.6 Å². The minimum atomic E-state index is -0.476. The lowest BCUT2D eigenvalue weighted by Gasteiger charge is -2.13. The van der Waals surface area contributed by atoms with Crippen LogP contribution in [0, 0.1) is 10.1 Å². The highest BCUT2D eigenvalue weighted by molar-refractivity contribution is 9.10. The van der Waals surface area contributed by atoms with Gasteiger partial charge in [0.25, 0.3) is 5.69 Å². The Kier molecular flexibility index (Phi) is 6.88. The Labute approximate surface area is 202 Å². The second kappa shape index (κ2) is 10.2.